The van der Waals surface area contributed by atoms with Crippen LogP contribution in [0.15, 0.2) is 43.0 Å². The van der Waals surface area contributed by atoms with Gasteiger partial charge in [0, 0.05) is 7.11 Å². The number of methoxy groups -OCH3 is 1. The van der Waals surface area contributed by atoms with E-state index in [1.165, 1.54) is 0 Å². The molecule has 2 nitrogen and oxygen atoms in total. The fourth-order valence-electron chi connectivity index (χ4n) is 1.27. The highest BCUT2D eigenvalue weighted by atomic mass is 16.7. The van der Waals surface area contributed by atoms with E-state index >= 15 is 0 Å². The molecular weight excluding hydrogens is 176 g/mol. The van der Waals surface area contributed by atoms with Crippen LogP contribution in [0.25, 0.3) is 0 Å². The highest BCUT2D eigenvalue weighted by Crippen LogP contribution is 2.20. The summed E-state index contributed by atoms with van der Waals surface area (Å²) in [5.74, 6) is 0. The first-order valence-electron chi connectivity index (χ1n) is 4.65. The SMILES string of the molecule is C=CCC(OCOC)c1ccccc1. The third kappa shape index (κ3) is 3.32. The van der Waals surface area contributed by atoms with Crippen LogP contribution >= 0.6 is 0 Å². The molecule has 0 aliphatic heterocycles. The minimum absolute atomic E-state index is 0.0497. The molecule has 0 aliphatic rings. The van der Waals surface area contributed by atoms with Gasteiger partial charge in [-0.3, -0.25) is 0 Å². The molecule has 0 heterocycles. The van der Waals surface area contributed by atoms with Crippen LogP contribution in [-0.2, 0) is 9.47 Å². The van der Waals surface area contributed by atoms with Gasteiger partial charge in [0.05, 0.1) is 6.10 Å². The second-order valence-electron chi connectivity index (χ2n) is 3.00. The van der Waals surface area contributed by atoms with Gasteiger partial charge in [-0.2, -0.15) is 0 Å². The van der Waals surface area contributed by atoms with Gasteiger partial charge in [0.2, 0.25) is 0 Å². The van der Waals surface area contributed by atoms with E-state index in [9.17, 15) is 0 Å². The molecule has 1 unspecified atom stereocenters. The predicted molar refractivity (Wildman–Crippen MR) is 57.0 cm³/mol. The Kier molecular flexibility index (Phi) is 4.97. The fourth-order valence-corrected chi connectivity index (χ4v) is 1.27. The van der Waals surface area contributed by atoms with E-state index in [1.807, 2.05) is 36.4 Å². The molecule has 1 rings (SSSR count). The first kappa shape index (κ1) is 11.0. The van der Waals surface area contributed by atoms with Gasteiger partial charge in [0.1, 0.15) is 6.79 Å². The van der Waals surface area contributed by atoms with Crippen LogP contribution < -0.4 is 0 Å². The quantitative estimate of drug-likeness (QED) is 0.509. The van der Waals surface area contributed by atoms with Crippen LogP contribution in [0.4, 0.5) is 0 Å². The van der Waals surface area contributed by atoms with Crippen molar-refractivity contribution in [3.05, 3.63) is 48.6 Å². The van der Waals surface area contributed by atoms with Crippen LogP contribution in [-0.4, -0.2) is 13.9 Å². The van der Waals surface area contributed by atoms with Gasteiger partial charge in [-0.05, 0) is 12.0 Å². The fraction of sp³-hybridized carbons (Fsp3) is 0.333. The Hall–Kier alpha value is -1.12. The van der Waals surface area contributed by atoms with Crippen molar-refractivity contribution in [1.29, 1.82) is 0 Å². The molecule has 0 aromatic heterocycles. The molecule has 1 aromatic carbocycles. The van der Waals surface area contributed by atoms with E-state index in [0.717, 1.165) is 12.0 Å². The third-order valence-electron chi connectivity index (χ3n) is 1.94. The summed E-state index contributed by atoms with van der Waals surface area (Å²) in [5.41, 5.74) is 1.16. The molecule has 14 heavy (non-hydrogen) atoms. The smallest absolute Gasteiger partial charge is 0.147 e. The maximum absolute atomic E-state index is 5.52. The van der Waals surface area contributed by atoms with Crippen molar-refractivity contribution in [3.8, 4) is 0 Å². The van der Waals surface area contributed by atoms with Gasteiger partial charge in [-0.1, -0.05) is 36.4 Å². The topological polar surface area (TPSA) is 18.5 Å². The zero-order chi connectivity index (χ0) is 10.2. The van der Waals surface area contributed by atoms with E-state index in [1.54, 1.807) is 7.11 Å². The van der Waals surface area contributed by atoms with Crippen molar-refractivity contribution in [1.82, 2.24) is 0 Å². The largest absolute Gasteiger partial charge is 0.359 e. The summed E-state index contributed by atoms with van der Waals surface area (Å²) in [5, 5.41) is 0. The van der Waals surface area contributed by atoms with E-state index in [4.69, 9.17) is 9.47 Å². The Balaban J connectivity index is 2.62. The van der Waals surface area contributed by atoms with Gasteiger partial charge in [-0.15, -0.1) is 6.58 Å². The molecule has 0 saturated carbocycles. The van der Waals surface area contributed by atoms with Gasteiger partial charge in [0.15, 0.2) is 0 Å². The molecule has 0 radical (unpaired) electrons. The summed E-state index contributed by atoms with van der Waals surface area (Å²) in [6, 6.07) is 10.1. The standard InChI is InChI=1S/C12H16O2/c1-3-7-12(14-10-13-2)11-8-5-4-6-9-11/h3-6,8-9,12H,1,7,10H2,2H3. The number of hydrogen-bond acceptors (Lipinski definition) is 2. The Morgan fingerprint density at radius 1 is 1.36 bits per heavy atom. The van der Waals surface area contributed by atoms with Gasteiger partial charge >= 0.3 is 0 Å². The van der Waals surface area contributed by atoms with E-state index in [0.29, 0.717) is 6.79 Å². The number of hydrogen-bond donors (Lipinski definition) is 0. The first-order chi connectivity index (χ1) is 6.88. The Morgan fingerprint density at radius 2 is 2.07 bits per heavy atom. The minimum atomic E-state index is 0.0497. The molecule has 0 aliphatic carbocycles. The predicted octanol–water partition coefficient (Wildman–Crippen LogP) is 2.92. The van der Waals surface area contributed by atoms with Crippen molar-refractivity contribution in [3.63, 3.8) is 0 Å². The van der Waals surface area contributed by atoms with E-state index in [2.05, 4.69) is 6.58 Å². The average Bonchev–Trinajstić information content (AvgIpc) is 2.25. The summed E-state index contributed by atoms with van der Waals surface area (Å²) in [6.07, 6.45) is 2.70. The summed E-state index contributed by atoms with van der Waals surface area (Å²) < 4.78 is 10.4. The molecule has 0 amide bonds. The summed E-state index contributed by atoms with van der Waals surface area (Å²) >= 11 is 0. The van der Waals surface area contributed by atoms with Crippen LogP contribution in [0.5, 0.6) is 0 Å². The second-order valence-corrected chi connectivity index (χ2v) is 3.00. The first-order valence-corrected chi connectivity index (χ1v) is 4.65. The molecule has 0 bridgehead atoms. The Labute approximate surface area is 85.2 Å². The molecule has 0 saturated heterocycles. The summed E-state index contributed by atoms with van der Waals surface area (Å²) in [6.45, 7) is 4.03. The number of benzene rings is 1. The van der Waals surface area contributed by atoms with Crippen molar-refractivity contribution >= 4 is 0 Å². The monoisotopic (exact) mass is 192 g/mol. The molecule has 76 valence electrons. The molecule has 0 fully saturated rings. The zero-order valence-electron chi connectivity index (χ0n) is 8.48. The Bertz CT molecular complexity index is 256. The highest BCUT2D eigenvalue weighted by molar-refractivity contribution is 5.18. The molecule has 1 aromatic rings. The second kappa shape index (κ2) is 6.35. The maximum atomic E-state index is 5.52. The lowest BCUT2D eigenvalue weighted by molar-refractivity contribution is -0.0720. The maximum Gasteiger partial charge on any atom is 0.147 e. The summed E-state index contributed by atoms with van der Waals surface area (Å²) in [4.78, 5) is 0. The lowest BCUT2D eigenvalue weighted by atomic mass is 10.1. The normalized spacial score (nSPS) is 12.4. The van der Waals surface area contributed by atoms with Crippen molar-refractivity contribution in [2.24, 2.45) is 0 Å². The van der Waals surface area contributed by atoms with Gasteiger partial charge in [0.25, 0.3) is 0 Å². The lowest BCUT2D eigenvalue weighted by Gasteiger charge is -2.15. The van der Waals surface area contributed by atoms with Crippen LogP contribution in [0.2, 0.25) is 0 Å². The minimum Gasteiger partial charge on any atom is -0.359 e. The average molecular weight is 192 g/mol. The van der Waals surface area contributed by atoms with E-state index < -0.39 is 0 Å². The molecular formula is C12H16O2. The zero-order valence-corrected chi connectivity index (χ0v) is 8.48. The molecule has 2 heteroatoms. The van der Waals surface area contributed by atoms with Gasteiger partial charge in [-0.25, -0.2) is 0 Å². The number of ether oxygens (including phenoxy) is 2. The van der Waals surface area contributed by atoms with Crippen molar-refractivity contribution < 1.29 is 9.47 Å². The Morgan fingerprint density at radius 3 is 2.64 bits per heavy atom. The van der Waals surface area contributed by atoms with Gasteiger partial charge < -0.3 is 9.47 Å². The molecule has 1 atom stereocenters. The lowest BCUT2D eigenvalue weighted by Crippen LogP contribution is -2.05. The van der Waals surface area contributed by atoms with Crippen LogP contribution in [0.1, 0.15) is 18.1 Å². The van der Waals surface area contributed by atoms with Crippen LogP contribution in [0.3, 0.4) is 0 Å². The molecule has 0 N–H and O–H groups in total. The number of rotatable bonds is 6. The van der Waals surface area contributed by atoms with E-state index in [-0.39, 0.29) is 6.10 Å². The van der Waals surface area contributed by atoms with Crippen molar-refractivity contribution in [2.45, 2.75) is 12.5 Å². The summed E-state index contributed by atoms with van der Waals surface area (Å²) in [7, 11) is 1.62. The van der Waals surface area contributed by atoms with Crippen molar-refractivity contribution in [2.75, 3.05) is 13.9 Å². The van der Waals surface area contributed by atoms with Crippen LogP contribution in [0, 0.1) is 0 Å². The molecule has 0 spiro atoms. The third-order valence-corrected chi connectivity index (χ3v) is 1.94. The highest BCUT2D eigenvalue weighted by Gasteiger charge is 2.08.